The van der Waals surface area contributed by atoms with E-state index in [0.717, 1.165) is 21.8 Å². The lowest BCUT2D eigenvalue weighted by molar-refractivity contribution is -0.121. The summed E-state index contributed by atoms with van der Waals surface area (Å²) in [4.78, 5) is 25.0. The zero-order valence-corrected chi connectivity index (χ0v) is 16.9. The van der Waals surface area contributed by atoms with Gasteiger partial charge < -0.3 is 9.73 Å². The second-order valence-corrected chi connectivity index (χ2v) is 7.64. The minimum absolute atomic E-state index is 0.0723. The molecule has 0 fully saturated rings. The smallest absolute Gasteiger partial charge is 0.220 e. The Balaban J connectivity index is 1.27. The molecule has 0 saturated carbocycles. The first-order valence-corrected chi connectivity index (χ1v) is 10.3. The van der Waals surface area contributed by atoms with E-state index in [1.807, 2.05) is 29.6 Å². The number of amides is 1. The number of rotatable bonds is 7. The summed E-state index contributed by atoms with van der Waals surface area (Å²) in [6.45, 7) is 0.399. The van der Waals surface area contributed by atoms with Gasteiger partial charge in [-0.2, -0.15) is 0 Å². The fourth-order valence-electron chi connectivity index (χ4n) is 2.70. The van der Waals surface area contributed by atoms with Gasteiger partial charge in [0.15, 0.2) is 11.7 Å². The molecule has 4 aromatic rings. The van der Waals surface area contributed by atoms with Crippen molar-refractivity contribution in [2.75, 3.05) is 0 Å². The highest BCUT2D eigenvalue weighted by atomic mass is 35.5. The van der Waals surface area contributed by atoms with Crippen LogP contribution in [0.1, 0.15) is 17.3 Å². The Morgan fingerprint density at radius 3 is 2.69 bits per heavy atom. The molecule has 0 aliphatic rings. The summed E-state index contributed by atoms with van der Waals surface area (Å²) in [5.41, 5.74) is 2.79. The number of nitrogens with one attached hydrogen (secondary N) is 1. The van der Waals surface area contributed by atoms with Gasteiger partial charge in [-0.05, 0) is 36.4 Å². The van der Waals surface area contributed by atoms with Crippen LogP contribution in [-0.2, 0) is 17.8 Å². The number of benzene rings is 1. The van der Waals surface area contributed by atoms with Gasteiger partial charge in [0, 0.05) is 46.8 Å². The lowest BCUT2D eigenvalue weighted by atomic mass is 10.2. The molecule has 0 bridgehead atoms. The van der Waals surface area contributed by atoms with E-state index >= 15 is 0 Å². The number of halogens is 1. The van der Waals surface area contributed by atoms with Gasteiger partial charge >= 0.3 is 0 Å². The molecule has 0 spiro atoms. The Kier molecular flexibility index (Phi) is 5.97. The molecule has 29 heavy (non-hydrogen) atoms. The monoisotopic (exact) mass is 424 g/mol. The van der Waals surface area contributed by atoms with Gasteiger partial charge in [-0.1, -0.05) is 11.6 Å². The molecule has 0 aliphatic carbocycles. The van der Waals surface area contributed by atoms with E-state index in [2.05, 4.69) is 20.3 Å². The highest BCUT2D eigenvalue weighted by Gasteiger charge is 2.10. The third kappa shape index (κ3) is 5.07. The molecule has 1 amide bonds. The number of hydrogen-bond acceptors (Lipinski definition) is 6. The topological polar surface area (TPSA) is 80.9 Å². The molecular weight excluding hydrogens is 408 g/mol. The summed E-state index contributed by atoms with van der Waals surface area (Å²) in [6.07, 6.45) is 5.85. The van der Waals surface area contributed by atoms with Crippen molar-refractivity contribution in [3.8, 4) is 22.6 Å². The van der Waals surface area contributed by atoms with Crippen molar-refractivity contribution in [3.05, 3.63) is 76.3 Å². The predicted octanol–water partition coefficient (Wildman–Crippen LogP) is 4.76. The molecule has 1 aromatic carbocycles. The zero-order valence-electron chi connectivity index (χ0n) is 15.3. The van der Waals surface area contributed by atoms with Crippen molar-refractivity contribution >= 4 is 28.8 Å². The average Bonchev–Trinajstić information content (AvgIpc) is 3.42. The maximum atomic E-state index is 12.2. The molecule has 0 atom stereocenters. The first-order chi connectivity index (χ1) is 14.2. The number of nitrogens with zero attached hydrogens (tertiary/aromatic N) is 3. The normalized spacial score (nSPS) is 10.8. The van der Waals surface area contributed by atoms with E-state index in [0.29, 0.717) is 36.1 Å². The third-order valence-electron chi connectivity index (χ3n) is 4.21. The van der Waals surface area contributed by atoms with Crippen LogP contribution in [-0.4, -0.2) is 20.9 Å². The number of thiazole rings is 1. The van der Waals surface area contributed by atoms with Crippen LogP contribution in [0.5, 0.6) is 0 Å². The molecular formula is C21H17ClN4O2S. The summed E-state index contributed by atoms with van der Waals surface area (Å²) >= 11 is 7.41. The van der Waals surface area contributed by atoms with Crippen molar-refractivity contribution < 1.29 is 9.21 Å². The van der Waals surface area contributed by atoms with Gasteiger partial charge in [-0.3, -0.25) is 9.78 Å². The van der Waals surface area contributed by atoms with Crippen LogP contribution in [0.4, 0.5) is 0 Å². The number of carbonyl (C=O) groups is 1. The highest BCUT2D eigenvalue weighted by molar-refractivity contribution is 7.09. The van der Waals surface area contributed by atoms with Crippen LogP contribution < -0.4 is 5.32 Å². The molecule has 1 N–H and O–H groups in total. The first kappa shape index (κ1) is 19.3. The number of pyridine rings is 1. The Morgan fingerprint density at radius 2 is 1.90 bits per heavy atom. The average molecular weight is 425 g/mol. The number of aryl methyl sites for hydroxylation is 1. The molecule has 8 heteroatoms. The number of aromatic nitrogens is 3. The summed E-state index contributed by atoms with van der Waals surface area (Å²) in [7, 11) is 0. The van der Waals surface area contributed by atoms with Gasteiger partial charge in [-0.15, -0.1) is 11.3 Å². The molecule has 3 heterocycles. The SMILES string of the molecule is O=C(CCc1ncc(-c2ccc(Cl)cc2)o1)NCc1nc(-c2ccncc2)cs1. The van der Waals surface area contributed by atoms with E-state index in [1.165, 1.54) is 11.3 Å². The molecule has 0 saturated heterocycles. The maximum absolute atomic E-state index is 12.2. The minimum Gasteiger partial charge on any atom is -0.441 e. The van der Waals surface area contributed by atoms with Gasteiger partial charge in [0.25, 0.3) is 0 Å². The van der Waals surface area contributed by atoms with Crippen LogP contribution in [0.3, 0.4) is 0 Å². The van der Waals surface area contributed by atoms with Crippen molar-refractivity contribution in [2.24, 2.45) is 0 Å². The van der Waals surface area contributed by atoms with Gasteiger partial charge in [0.05, 0.1) is 18.4 Å². The second kappa shape index (κ2) is 8.98. The Hall–Kier alpha value is -3.03. The number of hydrogen-bond donors (Lipinski definition) is 1. The first-order valence-electron chi connectivity index (χ1n) is 8.99. The van der Waals surface area contributed by atoms with Crippen LogP contribution in [0.15, 0.2) is 64.8 Å². The van der Waals surface area contributed by atoms with E-state index in [-0.39, 0.29) is 5.91 Å². The van der Waals surface area contributed by atoms with Crippen molar-refractivity contribution in [1.29, 1.82) is 0 Å². The molecule has 0 radical (unpaired) electrons. The third-order valence-corrected chi connectivity index (χ3v) is 5.31. The van der Waals surface area contributed by atoms with Gasteiger partial charge in [0.2, 0.25) is 5.91 Å². The highest BCUT2D eigenvalue weighted by Crippen LogP contribution is 2.23. The van der Waals surface area contributed by atoms with Crippen molar-refractivity contribution in [2.45, 2.75) is 19.4 Å². The maximum Gasteiger partial charge on any atom is 0.220 e. The lowest BCUT2D eigenvalue weighted by Gasteiger charge is -2.02. The predicted molar refractivity (Wildman–Crippen MR) is 112 cm³/mol. The summed E-state index contributed by atoms with van der Waals surface area (Å²) in [5.74, 6) is 1.11. The van der Waals surface area contributed by atoms with Crippen molar-refractivity contribution in [1.82, 2.24) is 20.3 Å². The van der Waals surface area contributed by atoms with E-state index < -0.39 is 0 Å². The quantitative estimate of drug-likeness (QED) is 0.462. The molecule has 6 nitrogen and oxygen atoms in total. The van der Waals surface area contributed by atoms with E-state index in [9.17, 15) is 4.79 Å². The summed E-state index contributed by atoms with van der Waals surface area (Å²) in [5, 5.41) is 6.38. The Labute approximate surface area is 176 Å². The molecule has 0 aliphatic heterocycles. The largest absolute Gasteiger partial charge is 0.441 e. The van der Waals surface area contributed by atoms with Crippen molar-refractivity contribution in [3.63, 3.8) is 0 Å². The second-order valence-electron chi connectivity index (χ2n) is 6.26. The van der Waals surface area contributed by atoms with Gasteiger partial charge in [0.1, 0.15) is 5.01 Å². The van der Waals surface area contributed by atoms with Crippen LogP contribution in [0, 0.1) is 0 Å². The lowest BCUT2D eigenvalue weighted by Crippen LogP contribution is -2.22. The number of carbonyl (C=O) groups excluding carboxylic acids is 1. The fourth-order valence-corrected chi connectivity index (χ4v) is 3.57. The molecule has 0 unspecified atom stereocenters. The molecule has 146 valence electrons. The standard InChI is InChI=1S/C21H17ClN4O2S/c22-16-3-1-15(2-4-16)18-11-25-20(28-18)6-5-19(27)24-12-21-26-17(13-29-21)14-7-9-23-10-8-14/h1-4,7-11,13H,5-6,12H2,(H,24,27). The van der Waals surface area contributed by atoms with Crippen LogP contribution in [0.25, 0.3) is 22.6 Å². The number of oxazole rings is 1. The molecule has 4 rings (SSSR count). The minimum atomic E-state index is -0.0723. The van der Waals surface area contributed by atoms with E-state index in [1.54, 1.807) is 30.7 Å². The summed E-state index contributed by atoms with van der Waals surface area (Å²) < 4.78 is 5.73. The summed E-state index contributed by atoms with van der Waals surface area (Å²) in [6, 6.07) is 11.1. The Bertz CT molecular complexity index is 1090. The molecule has 3 aromatic heterocycles. The zero-order chi connectivity index (χ0) is 20.1. The van der Waals surface area contributed by atoms with Crippen LogP contribution >= 0.6 is 22.9 Å². The van der Waals surface area contributed by atoms with Gasteiger partial charge in [-0.25, -0.2) is 9.97 Å². The van der Waals surface area contributed by atoms with E-state index in [4.69, 9.17) is 16.0 Å². The van der Waals surface area contributed by atoms with Crippen LogP contribution in [0.2, 0.25) is 5.02 Å². The fraction of sp³-hybridized carbons (Fsp3) is 0.143. The Morgan fingerprint density at radius 1 is 1.10 bits per heavy atom.